The molecule has 1 saturated carbocycles. The summed E-state index contributed by atoms with van der Waals surface area (Å²) in [6.07, 6.45) is 5.06. The van der Waals surface area contributed by atoms with Gasteiger partial charge in [0.15, 0.2) is 0 Å². The lowest BCUT2D eigenvalue weighted by atomic mass is 9.83. The molecule has 2 aliphatic rings. The van der Waals surface area contributed by atoms with Crippen LogP contribution in [0.5, 0.6) is 0 Å². The zero-order valence-corrected chi connectivity index (χ0v) is 13.3. The molecule has 22 heavy (non-hydrogen) atoms. The van der Waals surface area contributed by atoms with E-state index in [4.69, 9.17) is 9.84 Å². The van der Waals surface area contributed by atoms with Gasteiger partial charge in [-0.15, -0.1) is 6.58 Å². The fraction of sp³-hybridized carbons (Fsp3) is 0.611. The van der Waals surface area contributed by atoms with Crippen molar-refractivity contribution in [1.29, 1.82) is 0 Å². The molecule has 122 valence electrons. The first-order chi connectivity index (χ1) is 10.3. The van der Waals surface area contributed by atoms with Crippen LogP contribution in [-0.4, -0.2) is 34.0 Å². The summed E-state index contributed by atoms with van der Waals surface area (Å²) in [5.41, 5.74) is -0.287. The Bertz CT molecular complexity index is 505. The van der Waals surface area contributed by atoms with Crippen molar-refractivity contribution < 1.29 is 19.7 Å². The zero-order chi connectivity index (χ0) is 16.5. The molecule has 0 aromatic heterocycles. The molecule has 0 radical (unpaired) electrons. The highest BCUT2D eigenvalue weighted by Gasteiger charge is 2.71. The maximum atomic E-state index is 11.9. The lowest BCUT2D eigenvalue weighted by Gasteiger charge is -2.27. The smallest absolute Gasteiger partial charge is 0.334 e. The minimum atomic E-state index is -0.884. The van der Waals surface area contributed by atoms with Crippen LogP contribution >= 0.6 is 0 Å². The minimum absolute atomic E-state index is 0.0541. The number of esters is 1. The summed E-state index contributed by atoms with van der Waals surface area (Å²) in [7, 11) is 0. The van der Waals surface area contributed by atoms with Crippen LogP contribution in [-0.2, 0) is 9.53 Å². The molecule has 2 rings (SSSR count). The van der Waals surface area contributed by atoms with Crippen LogP contribution in [0.4, 0.5) is 0 Å². The van der Waals surface area contributed by atoms with Crippen LogP contribution in [0.3, 0.4) is 0 Å². The van der Waals surface area contributed by atoms with E-state index in [1.807, 2.05) is 0 Å². The number of ether oxygens (including phenoxy) is 1. The highest BCUT2D eigenvalue weighted by atomic mass is 16.6. The summed E-state index contributed by atoms with van der Waals surface area (Å²) in [6.45, 7) is 13.1. The standard InChI is InChI=1S/C18H26O4/c1-5-6-9-17(4,21)15-10-18(15)14(8-7-12(2)11-19)13(3)16(20)22-18/h5,14-15,19,21H,1-3,6-11H2,4H3/t14-,15-,17+,18-/m0/s1. The van der Waals surface area contributed by atoms with Crippen LogP contribution in [0.2, 0.25) is 0 Å². The van der Waals surface area contributed by atoms with Crippen LogP contribution in [0.1, 0.15) is 39.0 Å². The highest BCUT2D eigenvalue weighted by molar-refractivity contribution is 5.92. The molecule has 0 aromatic rings. The second-order valence-electron chi connectivity index (χ2n) is 6.81. The Morgan fingerprint density at radius 3 is 2.86 bits per heavy atom. The first-order valence-electron chi connectivity index (χ1n) is 7.81. The molecule has 2 N–H and O–H groups in total. The molecule has 0 aromatic carbocycles. The van der Waals surface area contributed by atoms with Gasteiger partial charge >= 0.3 is 5.97 Å². The average molecular weight is 306 g/mol. The van der Waals surface area contributed by atoms with Crippen molar-refractivity contribution in [3.05, 3.63) is 37.0 Å². The van der Waals surface area contributed by atoms with Crippen molar-refractivity contribution in [2.75, 3.05) is 6.61 Å². The number of hydrogen-bond donors (Lipinski definition) is 2. The summed E-state index contributed by atoms with van der Waals surface area (Å²) in [5.74, 6) is -0.541. The topological polar surface area (TPSA) is 66.8 Å². The number of allylic oxidation sites excluding steroid dienone is 1. The summed E-state index contributed by atoms with van der Waals surface area (Å²) in [4.78, 5) is 11.9. The van der Waals surface area contributed by atoms with E-state index >= 15 is 0 Å². The molecule has 1 saturated heterocycles. The van der Waals surface area contributed by atoms with Gasteiger partial charge in [-0.25, -0.2) is 4.79 Å². The first-order valence-corrected chi connectivity index (χ1v) is 7.81. The van der Waals surface area contributed by atoms with Gasteiger partial charge in [0.25, 0.3) is 0 Å². The second-order valence-corrected chi connectivity index (χ2v) is 6.81. The van der Waals surface area contributed by atoms with Crippen LogP contribution < -0.4 is 0 Å². The third-order valence-corrected chi connectivity index (χ3v) is 5.12. The van der Waals surface area contributed by atoms with Crippen LogP contribution in [0.25, 0.3) is 0 Å². The van der Waals surface area contributed by atoms with Gasteiger partial charge in [-0.2, -0.15) is 0 Å². The van der Waals surface area contributed by atoms with Crippen molar-refractivity contribution in [3.63, 3.8) is 0 Å². The van der Waals surface area contributed by atoms with Gasteiger partial charge in [-0.1, -0.05) is 24.8 Å². The molecular weight excluding hydrogens is 280 g/mol. The predicted octanol–water partition coefficient (Wildman–Crippen LogP) is 2.52. The third kappa shape index (κ3) is 2.90. The van der Waals surface area contributed by atoms with Gasteiger partial charge in [-0.05, 0) is 39.0 Å². The van der Waals surface area contributed by atoms with Crippen molar-refractivity contribution in [1.82, 2.24) is 0 Å². The maximum absolute atomic E-state index is 11.9. The number of carbonyl (C=O) groups excluding carboxylic acids is 1. The van der Waals surface area contributed by atoms with E-state index in [0.717, 1.165) is 12.0 Å². The van der Waals surface area contributed by atoms with Gasteiger partial charge in [0.05, 0.1) is 12.2 Å². The first kappa shape index (κ1) is 17.0. The van der Waals surface area contributed by atoms with Gasteiger partial charge in [0.2, 0.25) is 0 Å². The number of aliphatic hydroxyl groups excluding tert-OH is 1. The van der Waals surface area contributed by atoms with E-state index in [1.165, 1.54) is 0 Å². The summed E-state index contributed by atoms with van der Waals surface area (Å²) in [6, 6.07) is 0. The maximum Gasteiger partial charge on any atom is 0.334 e. The molecule has 0 unspecified atom stereocenters. The SMILES string of the molecule is C=CCC[C@@](C)(O)[C@@H]1C[C@@]12OC(=O)C(=C)[C@@H]2CCC(=C)CO. The largest absolute Gasteiger partial charge is 0.455 e. The molecule has 0 bridgehead atoms. The van der Waals surface area contributed by atoms with E-state index < -0.39 is 11.2 Å². The Kier molecular flexibility index (Phi) is 4.64. The Morgan fingerprint density at radius 1 is 1.59 bits per heavy atom. The monoisotopic (exact) mass is 306 g/mol. The molecule has 4 atom stereocenters. The Balaban J connectivity index is 2.11. The number of hydrogen-bond acceptors (Lipinski definition) is 4. The molecule has 1 aliphatic carbocycles. The molecule has 4 heteroatoms. The van der Waals surface area contributed by atoms with Crippen LogP contribution in [0.15, 0.2) is 37.0 Å². The third-order valence-electron chi connectivity index (χ3n) is 5.12. The molecule has 4 nitrogen and oxygen atoms in total. The summed E-state index contributed by atoms with van der Waals surface area (Å²) >= 11 is 0. The van der Waals surface area contributed by atoms with Gasteiger partial charge in [-0.3, -0.25) is 0 Å². The predicted molar refractivity (Wildman–Crippen MR) is 85.1 cm³/mol. The van der Waals surface area contributed by atoms with Gasteiger partial charge < -0.3 is 14.9 Å². The average Bonchev–Trinajstić information content (AvgIpc) is 3.15. The number of rotatable bonds is 8. The van der Waals surface area contributed by atoms with Crippen molar-refractivity contribution >= 4 is 5.97 Å². The highest BCUT2D eigenvalue weighted by Crippen LogP contribution is 2.63. The van der Waals surface area contributed by atoms with E-state index in [1.54, 1.807) is 13.0 Å². The molecule has 1 aliphatic heterocycles. The quantitative estimate of drug-likeness (QED) is 0.411. The Morgan fingerprint density at radius 2 is 2.27 bits per heavy atom. The number of carbonyl (C=O) groups is 1. The summed E-state index contributed by atoms with van der Waals surface area (Å²) in [5, 5.41) is 19.8. The lowest BCUT2D eigenvalue weighted by Crippen LogP contribution is -2.35. The van der Waals surface area contributed by atoms with E-state index in [2.05, 4.69) is 19.7 Å². The number of aliphatic hydroxyl groups is 2. The summed E-state index contributed by atoms with van der Waals surface area (Å²) < 4.78 is 5.61. The van der Waals surface area contributed by atoms with Gasteiger partial charge in [0, 0.05) is 17.4 Å². The minimum Gasteiger partial charge on any atom is -0.455 e. The second kappa shape index (κ2) is 6.01. The fourth-order valence-corrected chi connectivity index (χ4v) is 3.67. The van der Waals surface area contributed by atoms with Crippen LogP contribution in [0, 0.1) is 11.8 Å². The Labute approximate surface area is 132 Å². The molecule has 2 fully saturated rings. The van der Waals surface area contributed by atoms with E-state index in [9.17, 15) is 9.90 Å². The molecular formula is C18H26O4. The van der Waals surface area contributed by atoms with Crippen molar-refractivity contribution in [2.24, 2.45) is 11.8 Å². The van der Waals surface area contributed by atoms with Gasteiger partial charge in [0.1, 0.15) is 5.60 Å². The zero-order valence-electron chi connectivity index (χ0n) is 13.3. The normalized spacial score (nSPS) is 32.7. The van der Waals surface area contributed by atoms with Crippen molar-refractivity contribution in [3.8, 4) is 0 Å². The van der Waals surface area contributed by atoms with E-state index in [0.29, 0.717) is 31.3 Å². The molecule has 1 heterocycles. The van der Waals surface area contributed by atoms with Crippen molar-refractivity contribution in [2.45, 2.75) is 50.2 Å². The Hall–Kier alpha value is -1.39. The molecule has 1 spiro atoms. The lowest BCUT2D eigenvalue weighted by molar-refractivity contribution is -0.143. The molecule has 0 amide bonds. The van der Waals surface area contributed by atoms with E-state index in [-0.39, 0.29) is 24.4 Å². The fourth-order valence-electron chi connectivity index (χ4n) is 3.67.